The van der Waals surface area contributed by atoms with Gasteiger partial charge in [-0.25, -0.2) is 29.9 Å². The van der Waals surface area contributed by atoms with E-state index in [4.69, 9.17) is 19.4 Å². The van der Waals surface area contributed by atoms with Crippen molar-refractivity contribution in [2.45, 2.75) is 129 Å². The highest BCUT2D eigenvalue weighted by Crippen LogP contribution is 2.55. The second-order valence-electron chi connectivity index (χ2n) is 20.8. The number of aliphatic hydroxyl groups is 2. The summed E-state index contributed by atoms with van der Waals surface area (Å²) in [6, 6.07) is 19.8. The zero-order valence-corrected chi connectivity index (χ0v) is 42.8. The van der Waals surface area contributed by atoms with E-state index in [-0.39, 0.29) is 59.6 Å². The van der Waals surface area contributed by atoms with E-state index in [2.05, 4.69) is 29.1 Å². The molecule has 6 atom stereocenters. The number of halogens is 4. The summed E-state index contributed by atoms with van der Waals surface area (Å²) in [4.78, 5) is 56.5. The number of rotatable bonds is 8. The summed E-state index contributed by atoms with van der Waals surface area (Å²) in [5.74, 6) is 2.07. The van der Waals surface area contributed by atoms with Gasteiger partial charge in [0.15, 0.2) is 11.6 Å². The minimum absolute atomic E-state index is 0.111. The van der Waals surface area contributed by atoms with Crippen molar-refractivity contribution in [2.75, 3.05) is 0 Å². The van der Waals surface area contributed by atoms with Gasteiger partial charge in [0.25, 0.3) is 0 Å². The second kappa shape index (κ2) is 18.5. The van der Waals surface area contributed by atoms with E-state index >= 15 is 0 Å². The zero-order valence-electron chi connectivity index (χ0n) is 42.8. The van der Waals surface area contributed by atoms with Crippen LogP contribution in [-0.4, -0.2) is 84.1 Å². The van der Waals surface area contributed by atoms with E-state index in [0.29, 0.717) is 35.6 Å². The van der Waals surface area contributed by atoms with Crippen LogP contribution in [0.5, 0.6) is 11.5 Å². The first-order valence-electron chi connectivity index (χ1n) is 25.0. The lowest BCUT2D eigenvalue weighted by Gasteiger charge is -2.33. The van der Waals surface area contributed by atoms with Gasteiger partial charge >= 0.3 is 13.2 Å². The van der Waals surface area contributed by atoms with Crippen molar-refractivity contribution < 1.29 is 46.8 Å². The summed E-state index contributed by atoms with van der Waals surface area (Å²) in [5.41, 5.74) is 6.85. The van der Waals surface area contributed by atoms with E-state index in [9.17, 15) is 37.4 Å². The molecule has 16 nitrogen and oxygen atoms in total. The van der Waals surface area contributed by atoms with E-state index in [1.165, 1.54) is 13.8 Å². The van der Waals surface area contributed by atoms with Gasteiger partial charge in [-0.15, -0.1) is 0 Å². The van der Waals surface area contributed by atoms with Gasteiger partial charge < -0.3 is 38.6 Å². The Morgan fingerprint density at radius 2 is 0.934 bits per heavy atom. The number of carbonyl (C=O) groups is 2. The van der Waals surface area contributed by atoms with Crippen molar-refractivity contribution in [1.29, 1.82) is 0 Å². The van der Waals surface area contributed by atoms with E-state index in [1.807, 2.05) is 62.4 Å². The number of imidazole rings is 2. The molecule has 4 aromatic heterocycles. The number of aromatic nitrogens is 8. The van der Waals surface area contributed by atoms with Gasteiger partial charge in [0.05, 0.1) is 58.3 Å². The third-order valence-electron chi connectivity index (χ3n) is 15.0. The third kappa shape index (κ3) is 8.47. The van der Waals surface area contributed by atoms with Crippen molar-refractivity contribution >= 4 is 33.9 Å². The van der Waals surface area contributed by atoms with Gasteiger partial charge in [0, 0.05) is 73.7 Å². The second-order valence-corrected chi connectivity index (χ2v) is 20.8. The van der Waals surface area contributed by atoms with Crippen LogP contribution in [0.3, 0.4) is 0 Å². The average molecular weight is 1040 g/mol. The van der Waals surface area contributed by atoms with Gasteiger partial charge in [-0.1, -0.05) is 36.4 Å². The molecule has 0 fully saturated rings. The predicted octanol–water partition coefficient (Wildman–Crippen LogP) is 10.6. The van der Waals surface area contributed by atoms with Crippen LogP contribution in [0.25, 0.3) is 44.3 Å². The quantitative estimate of drug-likeness (QED) is 0.137. The SMILES string of the molecule is CC(=O)N1[C@@H](C)c2cccc(OC(F)F)c2[C@@H]2C[C@H]1c1nc3ccc(-c4cnc(C(C)(C)O)nc4)cc3n12.CC(=O)N1[C@@H](C)c2cccc(OC(F)F)c2[C@H]2C[C@H]1c1nc3ccc(-c4cnc(C(C)(C)O)nc4)cc3n12. The highest BCUT2D eigenvalue weighted by molar-refractivity contribution is 5.85. The molecule has 0 saturated carbocycles. The molecule has 392 valence electrons. The van der Waals surface area contributed by atoms with Crippen LogP contribution in [0.4, 0.5) is 17.6 Å². The monoisotopic (exact) mass is 1040 g/mol. The first-order valence-corrected chi connectivity index (χ1v) is 25.0. The Morgan fingerprint density at radius 1 is 0.566 bits per heavy atom. The Labute approximate surface area is 434 Å². The predicted molar refractivity (Wildman–Crippen MR) is 271 cm³/mol. The van der Waals surface area contributed by atoms with Crippen molar-refractivity contribution in [3.05, 3.63) is 143 Å². The molecule has 20 heteroatoms. The number of hydrogen-bond acceptors (Lipinski definition) is 12. The van der Waals surface area contributed by atoms with Gasteiger partial charge in [-0.05, 0) is 100 Å². The Hall–Kier alpha value is -7.84. The number of ether oxygens (including phenoxy) is 2. The Morgan fingerprint density at radius 3 is 1.26 bits per heavy atom. The van der Waals surface area contributed by atoms with E-state index < -0.39 is 24.4 Å². The van der Waals surface area contributed by atoms with Crippen LogP contribution in [-0.2, 0) is 20.8 Å². The molecule has 0 spiro atoms. The molecule has 4 aliphatic rings. The average Bonchev–Trinajstić information content (AvgIpc) is 4.31. The van der Waals surface area contributed by atoms with Crippen LogP contribution < -0.4 is 9.47 Å². The van der Waals surface area contributed by atoms with Crippen molar-refractivity contribution in [2.24, 2.45) is 0 Å². The minimum Gasteiger partial charge on any atom is -0.434 e. The standard InChI is InChI=1S/2C28H27F2N5O3/c2*1-14-18-6-5-7-23(38-27(29)30)24(18)21-11-22(34(14)15(2)36)25-33-19-9-8-16(10-20(19)35(21)25)17-12-31-26(32-13-17)28(3,4)37/h2*5-10,12-14,21-22,27,37H,11H2,1-4H3/t14-,21+,22-;14-,21-,22-/m00/s1. The number of alkyl halides is 4. The molecule has 0 unspecified atom stereocenters. The third-order valence-corrected chi connectivity index (χ3v) is 15.0. The number of nitrogens with zero attached hydrogens (tertiary/aromatic N) is 10. The lowest BCUT2D eigenvalue weighted by Crippen LogP contribution is -2.34. The first-order chi connectivity index (χ1) is 36.1. The Balaban J connectivity index is 0.000000162. The maximum atomic E-state index is 13.4. The molecule has 4 bridgehead atoms. The maximum absolute atomic E-state index is 13.4. The van der Waals surface area contributed by atoms with Crippen LogP contribution in [0.15, 0.2) is 97.6 Å². The van der Waals surface area contributed by atoms with Gasteiger partial charge in [0.2, 0.25) is 11.8 Å². The summed E-state index contributed by atoms with van der Waals surface area (Å²) in [5, 5.41) is 20.4. The van der Waals surface area contributed by atoms with Crippen LogP contribution in [0.2, 0.25) is 0 Å². The van der Waals surface area contributed by atoms with Crippen LogP contribution in [0, 0.1) is 0 Å². The lowest BCUT2D eigenvalue weighted by molar-refractivity contribution is -0.134. The molecule has 8 aromatic rings. The molecule has 0 saturated heterocycles. The molecule has 4 aromatic carbocycles. The smallest absolute Gasteiger partial charge is 0.387 e. The zero-order chi connectivity index (χ0) is 53.9. The number of carbonyl (C=O) groups excluding carboxylic acids is 2. The summed E-state index contributed by atoms with van der Waals surface area (Å²) < 4.78 is 67.8. The molecular formula is C56H54F4N10O6. The highest BCUT2D eigenvalue weighted by atomic mass is 19.3. The fourth-order valence-electron chi connectivity index (χ4n) is 11.9. The van der Waals surface area contributed by atoms with Crippen molar-refractivity contribution in [3.8, 4) is 33.8 Å². The molecular weight excluding hydrogens is 985 g/mol. The Bertz CT molecular complexity index is 3360. The summed E-state index contributed by atoms with van der Waals surface area (Å²) in [6.45, 7) is 7.42. The molecule has 8 heterocycles. The molecule has 76 heavy (non-hydrogen) atoms. The minimum atomic E-state index is -2.97. The summed E-state index contributed by atoms with van der Waals surface area (Å²) in [7, 11) is 0. The van der Waals surface area contributed by atoms with E-state index in [0.717, 1.165) is 67.1 Å². The molecule has 2 N–H and O–H groups in total. The van der Waals surface area contributed by atoms with Crippen LogP contribution >= 0.6 is 0 Å². The van der Waals surface area contributed by atoms with Crippen molar-refractivity contribution in [3.63, 3.8) is 0 Å². The molecule has 12 rings (SSSR count). The first kappa shape index (κ1) is 50.3. The largest absolute Gasteiger partial charge is 0.434 e. The highest BCUT2D eigenvalue weighted by Gasteiger charge is 2.48. The molecule has 4 aliphatic heterocycles. The maximum Gasteiger partial charge on any atom is 0.387 e. The number of fused-ring (bicyclic) bond motifs is 18. The summed E-state index contributed by atoms with van der Waals surface area (Å²) >= 11 is 0. The lowest BCUT2D eigenvalue weighted by atomic mass is 9.94. The number of hydrogen-bond donors (Lipinski definition) is 2. The molecule has 0 aliphatic carbocycles. The van der Waals surface area contributed by atoms with Gasteiger partial charge in [0.1, 0.15) is 34.3 Å². The molecule has 0 radical (unpaired) electrons. The fraction of sp³-hybridized carbons (Fsp3) is 0.357. The van der Waals surface area contributed by atoms with Gasteiger partial charge in [-0.3, -0.25) is 9.59 Å². The number of amides is 2. The topological polar surface area (TPSA) is 187 Å². The Kier molecular flexibility index (Phi) is 12.2. The molecule has 2 amide bonds. The number of benzene rings is 4. The van der Waals surface area contributed by atoms with E-state index in [1.54, 1.807) is 86.5 Å². The van der Waals surface area contributed by atoms with Crippen LogP contribution in [0.1, 0.15) is 150 Å². The van der Waals surface area contributed by atoms with Crippen molar-refractivity contribution in [1.82, 2.24) is 48.8 Å². The summed E-state index contributed by atoms with van der Waals surface area (Å²) in [6.07, 6.45) is 7.66. The van der Waals surface area contributed by atoms with Gasteiger partial charge in [-0.2, -0.15) is 17.6 Å². The normalized spacial score (nSPS) is 20.4. The fourth-order valence-corrected chi connectivity index (χ4v) is 11.9.